The van der Waals surface area contributed by atoms with E-state index in [4.69, 9.17) is 0 Å². The quantitative estimate of drug-likeness (QED) is 0.814. The average molecular weight is 258 g/mol. The van der Waals surface area contributed by atoms with Gasteiger partial charge in [0.05, 0.1) is 6.54 Å². The Kier molecular flexibility index (Phi) is 2.36. The molecule has 0 atom stereocenters. The van der Waals surface area contributed by atoms with E-state index < -0.39 is 0 Å². The zero-order valence-corrected chi connectivity index (χ0v) is 11.2. The van der Waals surface area contributed by atoms with Crippen molar-refractivity contribution in [2.24, 2.45) is 7.05 Å². The first-order valence-corrected chi connectivity index (χ1v) is 6.97. The summed E-state index contributed by atoms with van der Waals surface area (Å²) in [6.07, 6.45) is 7.76. The van der Waals surface area contributed by atoms with E-state index in [1.807, 2.05) is 12.4 Å². The van der Waals surface area contributed by atoms with Crippen LogP contribution < -0.4 is 4.90 Å². The van der Waals surface area contributed by atoms with Crippen LogP contribution in [0.25, 0.3) is 0 Å². The summed E-state index contributed by atoms with van der Waals surface area (Å²) >= 11 is 0. The molecule has 0 aromatic carbocycles. The van der Waals surface area contributed by atoms with Gasteiger partial charge in [-0.15, -0.1) is 10.2 Å². The number of fused-ring (bicyclic) bond motifs is 1. The van der Waals surface area contributed by atoms with Crippen LogP contribution in [0.2, 0.25) is 0 Å². The average Bonchev–Trinajstić information content (AvgIpc) is 2.94. The van der Waals surface area contributed by atoms with E-state index in [-0.39, 0.29) is 0 Å². The fourth-order valence-corrected chi connectivity index (χ4v) is 2.97. The van der Waals surface area contributed by atoms with E-state index in [1.54, 1.807) is 0 Å². The topological polar surface area (TPSA) is 51.8 Å². The van der Waals surface area contributed by atoms with Crippen LogP contribution in [0, 0.1) is 0 Å². The van der Waals surface area contributed by atoms with Crippen molar-refractivity contribution in [2.45, 2.75) is 38.3 Å². The van der Waals surface area contributed by atoms with Gasteiger partial charge in [-0.1, -0.05) is 6.42 Å². The van der Waals surface area contributed by atoms with Crippen molar-refractivity contribution in [3.8, 4) is 0 Å². The Morgan fingerprint density at radius 1 is 1.21 bits per heavy atom. The van der Waals surface area contributed by atoms with E-state index >= 15 is 0 Å². The second-order valence-electron chi connectivity index (χ2n) is 5.50. The van der Waals surface area contributed by atoms with Crippen LogP contribution in [0.15, 0.2) is 12.4 Å². The number of hydrogen-bond donors (Lipinski definition) is 0. The molecule has 1 fully saturated rings. The Morgan fingerprint density at radius 3 is 2.89 bits per heavy atom. The summed E-state index contributed by atoms with van der Waals surface area (Å²) < 4.78 is 4.38. The van der Waals surface area contributed by atoms with Crippen LogP contribution in [0.3, 0.4) is 0 Å². The predicted octanol–water partition coefficient (Wildman–Crippen LogP) is 1.30. The minimum absolute atomic E-state index is 0.623. The van der Waals surface area contributed by atoms with E-state index in [9.17, 15) is 0 Å². The highest BCUT2D eigenvalue weighted by Crippen LogP contribution is 2.36. The second kappa shape index (κ2) is 4.08. The molecular formula is C13H18N6. The summed E-state index contributed by atoms with van der Waals surface area (Å²) in [6, 6.07) is 0. The molecule has 0 amide bonds. The van der Waals surface area contributed by atoms with Crippen LogP contribution in [0.5, 0.6) is 0 Å². The molecule has 2 aromatic heterocycles. The SMILES string of the molecule is Cn1c(C2CCC2)nnc1N1CCn2ccnc2C1. The fraction of sp³-hybridized carbons (Fsp3) is 0.615. The lowest BCUT2D eigenvalue weighted by Crippen LogP contribution is -2.35. The third kappa shape index (κ3) is 1.66. The predicted molar refractivity (Wildman–Crippen MR) is 70.9 cm³/mol. The molecule has 4 rings (SSSR count). The van der Waals surface area contributed by atoms with Gasteiger partial charge in [-0.2, -0.15) is 0 Å². The molecule has 6 nitrogen and oxygen atoms in total. The normalized spacial score (nSPS) is 19.3. The third-order valence-electron chi connectivity index (χ3n) is 4.38. The van der Waals surface area contributed by atoms with Crippen LogP contribution in [-0.2, 0) is 20.1 Å². The zero-order valence-electron chi connectivity index (χ0n) is 11.2. The van der Waals surface area contributed by atoms with Gasteiger partial charge in [-0.3, -0.25) is 0 Å². The highest BCUT2D eigenvalue weighted by atomic mass is 15.4. The molecule has 1 aliphatic carbocycles. The number of nitrogens with zero attached hydrogens (tertiary/aromatic N) is 6. The Hall–Kier alpha value is -1.85. The van der Waals surface area contributed by atoms with Crippen molar-refractivity contribution in [3.63, 3.8) is 0 Å². The Labute approximate surface area is 112 Å². The molecule has 0 N–H and O–H groups in total. The Bertz CT molecular complexity index is 594. The standard InChI is InChI=1S/C13H18N6/c1-17-12(10-3-2-4-10)15-16-13(17)19-8-7-18-6-5-14-11(18)9-19/h5-6,10H,2-4,7-9H2,1H3. The molecule has 1 saturated carbocycles. The van der Waals surface area contributed by atoms with Crippen molar-refractivity contribution in [2.75, 3.05) is 11.4 Å². The molecule has 0 bridgehead atoms. The summed E-state index contributed by atoms with van der Waals surface area (Å²) in [5.41, 5.74) is 0. The lowest BCUT2D eigenvalue weighted by atomic mass is 9.85. The maximum absolute atomic E-state index is 4.40. The first-order valence-electron chi connectivity index (χ1n) is 6.97. The minimum atomic E-state index is 0.623. The summed E-state index contributed by atoms with van der Waals surface area (Å²) in [5.74, 6) is 3.86. The van der Waals surface area contributed by atoms with Crippen molar-refractivity contribution < 1.29 is 0 Å². The first kappa shape index (κ1) is 11.0. The summed E-state index contributed by atoms with van der Waals surface area (Å²) in [6.45, 7) is 2.77. The van der Waals surface area contributed by atoms with Gasteiger partial charge in [-0.05, 0) is 12.8 Å². The molecule has 0 radical (unpaired) electrons. The Morgan fingerprint density at radius 2 is 2.11 bits per heavy atom. The zero-order chi connectivity index (χ0) is 12.8. The number of imidazole rings is 1. The van der Waals surface area contributed by atoms with Gasteiger partial charge < -0.3 is 14.0 Å². The number of anilines is 1. The van der Waals surface area contributed by atoms with Crippen LogP contribution >= 0.6 is 0 Å². The first-order chi connectivity index (χ1) is 9.33. The lowest BCUT2D eigenvalue weighted by Gasteiger charge is -2.29. The maximum atomic E-state index is 4.40. The van der Waals surface area contributed by atoms with Gasteiger partial charge in [0.25, 0.3) is 0 Å². The molecule has 100 valence electrons. The number of rotatable bonds is 2. The van der Waals surface area contributed by atoms with Gasteiger partial charge in [0.1, 0.15) is 11.6 Å². The van der Waals surface area contributed by atoms with Gasteiger partial charge in [0, 0.05) is 38.4 Å². The molecule has 0 unspecified atom stereocenters. The largest absolute Gasteiger partial charge is 0.332 e. The molecule has 0 saturated heterocycles. The number of aromatic nitrogens is 5. The molecular weight excluding hydrogens is 240 g/mol. The molecule has 1 aliphatic heterocycles. The highest BCUT2D eigenvalue weighted by molar-refractivity contribution is 5.33. The van der Waals surface area contributed by atoms with Crippen molar-refractivity contribution in [1.82, 2.24) is 24.3 Å². The number of hydrogen-bond acceptors (Lipinski definition) is 4. The van der Waals surface area contributed by atoms with Crippen molar-refractivity contribution in [3.05, 3.63) is 24.0 Å². The molecule has 6 heteroatoms. The van der Waals surface area contributed by atoms with Crippen LogP contribution in [-0.4, -0.2) is 30.9 Å². The van der Waals surface area contributed by atoms with Gasteiger partial charge in [0.15, 0.2) is 0 Å². The Balaban J connectivity index is 1.61. The van der Waals surface area contributed by atoms with Crippen molar-refractivity contribution >= 4 is 5.95 Å². The maximum Gasteiger partial charge on any atom is 0.227 e. The van der Waals surface area contributed by atoms with E-state index in [0.717, 1.165) is 37.2 Å². The summed E-state index contributed by atoms with van der Waals surface area (Å²) in [7, 11) is 2.09. The van der Waals surface area contributed by atoms with Gasteiger partial charge >= 0.3 is 0 Å². The fourth-order valence-electron chi connectivity index (χ4n) is 2.97. The lowest BCUT2D eigenvalue weighted by molar-refractivity contribution is 0.392. The highest BCUT2D eigenvalue weighted by Gasteiger charge is 2.28. The molecule has 0 spiro atoms. The van der Waals surface area contributed by atoms with Gasteiger partial charge in [-0.25, -0.2) is 4.98 Å². The molecule has 3 heterocycles. The monoisotopic (exact) mass is 258 g/mol. The van der Waals surface area contributed by atoms with E-state index in [1.165, 1.54) is 19.3 Å². The van der Waals surface area contributed by atoms with E-state index in [0.29, 0.717) is 5.92 Å². The summed E-state index contributed by atoms with van der Waals surface area (Å²) in [5, 5.41) is 8.80. The molecule has 2 aliphatic rings. The molecule has 19 heavy (non-hydrogen) atoms. The second-order valence-corrected chi connectivity index (χ2v) is 5.50. The van der Waals surface area contributed by atoms with Crippen LogP contribution in [0.1, 0.15) is 36.8 Å². The smallest absolute Gasteiger partial charge is 0.227 e. The van der Waals surface area contributed by atoms with E-state index in [2.05, 4.69) is 36.3 Å². The van der Waals surface area contributed by atoms with Gasteiger partial charge in [0.2, 0.25) is 5.95 Å². The molecule has 2 aromatic rings. The van der Waals surface area contributed by atoms with Crippen LogP contribution in [0.4, 0.5) is 5.95 Å². The van der Waals surface area contributed by atoms with Crippen molar-refractivity contribution in [1.29, 1.82) is 0 Å². The summed E-state index contributed by atoms with van der Waals surface area (Å²) in [4.78, 5) is 6.67. The minimum Gasteiger partial charge on any atom is -0.332 e. The third-order valence-corrected chi connectivity index (χ3v) is 4.38.